The summed E-state index contributed by atoms with van der Waals surface area (Å²) >= 11 is 6.12. The number of rotatable bonds is 6. The highest BCUT2D eigenvalue weighted by atomic mass is 35.5. The largest absolute Gasteiger partial charge is 0.481 e. The molecule has 1 aromatic carbocycles. The van der Waals surface area contributed by atoms with Crippen molar-refractivity contribution >= 4 is 11.6 Å². The molecule has 0 amide bonds. The van der Waals surface area contributed by atoms with Gasteiger partial charge < -0.3 is 9.84 Å². The van der Waals surface area contributed by atoms with Crippen molar-refractivity contribution < 1.29 is 9.84 Å². The maximum Gasteiger partial charge on any atom is 0.221 e. The molecule has 26 heavy (non-hydrogen) atoms. The van der Waals surface area contributed by atoms with Crippen molar-refractivity contribution in [1.29, 1.82) is 0 Å². The Labute approximate surface area is 158 Å². The summed E-state index contributed by atoms with van der Waals surface area (Å²) in [6.45, 7) is 2.05. The quantitative estimate of drug-likeness (QED) is 0.696. The van der Waals surface area contributed by atoms with E-state index in [1.165, 1.54) is 0 Å². The molecule has 2 aromatic heterocycles. The number of aliphatic hydroxyl groups is 1. The Balaban J connectivity index is 1.88. The molecule has 0 aliphatic rings. The minimum absolute atomic E-state index is 0.0427. The molecule has 0 aliphatic carbocycles. The van der Waals surface area contributed by atoms with Crippen LogP contribution in [0.4, 0.5) is 0 Å². The number of hydrogen-bond acceptors (Lipinski definition) is 4. The van der Waals surface area contributed by atoms with E-state index in [0.29, 0.717) is 17.3 Å². The molecular formula is C21H21ClN2O2. The molecule has 0 saturated heterocycles. The first kappa shape index (κ1) is 18.4. The summed E-state index contributed by atoms with van der Waals surface area (Å²) in [5.74, 6) is 0.613. The lowest BCUT2D eigenvalue weighted by Gasteiger charge is -2.11. The molecule has 5 heteroatoms. The molecule has 134 valence electrons. The van der Waals surface area contributed by atoms with Crippen LogP contribution in [0.25, 0.3) is 11.1 Å². The zero-order valence-corrected chi connectivity index (χ0v) is 15.6. The van der Waals surface area contributed by atoms with Gasteiger partial charge in [0.25, 0.3) is 0 Å². The molecule has 2 heterocycles. The number of ether oxygens (including phenoxy) is 1. The third-order valence-corrected chi connectivity index (χ3v) is 4.51. The number of aromatic nitrogens is 2. The average molecular weight is 369 g/mol. The summed E-state index contributed by atoms with van der Waals surface area (Å²) in [5, 5.41) is 9.90. The van der Waals surface area contributed by atoms with E-state index in [1.807, 2.05) is 55.7 Å². The number of methoxy groups -OCH3 is 1. The first-order valence-corrected chi connectivity index (χ1v) is 8.83. The van der Waals surface area contributed by atoms with Crippen molar-refractivity contribution in [2.45, 2.75) is 19.3 Å². The van der Waals surface area contributed by atoms with Crippen LogP contribution in [0.1, 0.15) is 29.7 Å². The lowest BCUT2D eigenvalue weighted by molar-refractivity contribution is 0.271. The number of halogens is 1. The minimum atomic E-state index is 0.0427. The molecule has 0 saturated carbocycles. The molecule has 0 spiro atoms. The Kier molecular flexibility index (Phi) is 5.86. The summed E-state index contributed by atoms with van der Waals surface area (Å²) in [4.78, 5) is 8.89. The number of aliphatic hydroxyl groups excluding tert-OH is 1. The highest BCUT2D eigenvalue weighted by molar-refractivity contribution is 6.30. The number of nitrogens with zero attached hydrogens (tertiary/aromatic N) is 2. The maximum absolute atomic E-state index is 9.23. The fourth-order valence-corrected chi connectivity index (χ4v) is 2.97. The van der Waals surface area contributed by atoms with Gasteiger partial charge in [0.1, 0.15) is 0 Å². The Morgan fingerprint density at radius 3 is 2.54 bits per heavy atom. The normalized spacial score (nSPS) is 12.0. The van der Waals surface area contributed by atoms with Gasteiger partial charge in [-0.3, -0.25) is 4.98 Å². The van der Waals surface area contributed by atoms with E-state index >= 15 is 0 Å². The van der Waals surface area contributed by atoms with E-state index in [-0.39, 0.29) is 12.5 Å². The highest BCUT2D eigenvalue weighted by Gasteiger charge is 2.11. The fraction of sp³-hybridized carbons (Fsp3) is 0.238. The van der Waals surface area contributed by atoms with Crippen LogP contribution >= 0.6 is 11.6 Å². The molecule has 1 atom stereocenters. The molecule has 3 aromatic rings. The van der Waals surface area contributed by atoms with Crippen LogP contribution in [0, 0.1) is 0 Å². The van der Waals surface area contributed by atoms with Gasteiger partial charge in [-0.05, 0) is 41.0 Å². The summed E-state index contributed by atoms with van der Waals surface area (Å²) < 4.78 is 5.41. The first-order valence-electron chi connectivity index (χ1n) is 8.45. The number of benzene rings is 1. The lowest BCUT2D eigenvalue weighted by Crippen LogP contribution is -2.02. The summed E-state index contributed by atoms with van der Waals surface area (Å²) in [6.07, 6.45) is 4.38. The van der Waals surface area contributed by atoms with Crippen molar-refractivity contribution in [3.05, 3.63) is 76.7 Å². The van der Waals surface area contributed by atoms with Crippen LogP contribution in [-0.2, 0) is 6.42 Å². The molecule has 1 N–H and O–H groups in total. The third kappa shape index (κ3) is 4.21. The Hall–Kier alpha value is -2.43. The Bertz CT molecular complexity index is 881. The standard InChI is InChI=1S/C21H21ClN2O2/c1-14(13-25)20-7-6-15(11-23-20)8-16-9-19(21(26-2)24-12-16)17-4-3-5-18(22)10-17/h3-7,9-12,14,25H,8,13H2,1-2H3. The first-order chi connectivity index (χ1) is 12.6. The average Bonchev–Trinajstić information content (AvgIpc) is 2.68. The van der Waals surface area contributed by atoms with Gasteiger partial charge in [0.2, 0.25) is 5.88 Å². The summed E-state index contributed by atoms with van der Waals surface area (Å²) in [6, 6.07) is 13.7. The van der Waals surface area contributed by atoms with E-state index in [9.17, 15) is 5.11 Å². The van der Waals surface area contributed by atoms with Crippen LogP contribution in [0.5, 0.6) is 5.88 Å². The van der Waals surface area contributed by atoms with Crippen molar-refractivity contribution in [3.8, 4) is 17.0 Å². The van der Waals surface area contributed by atoms with Crippen molar-refractivity contribution in [2.75, 3.05) is 13.7 Å². The molecule has 0 radical (unpaired) electrons. The molecule has 3 rings (SSSR count). The molecule has 0 fully saturated rings. The van der Waals surface area contributed by atoms with E-state index in [0.717, 1.165) is 27.9 Å². The van der Waals surface area contributed by atoms with Gasteiger partial charge in [-0.25, -0.2) is 4.98 Å². The molecular weight excluding hydrogens is 348 g/mol. The van der Waals surface area contributed by atoms with Crippen LogP contribution in [0.15, 0.2) is 54.9 Å². The smallest absolute Gasteiger partial charge is 0.221 e. The minimum Gasteiger partial charge on any atom is -0.481 e. The van der Waals surface area contributed by atoms with Crippen molar-refractivity contribution in [1.82, 2.24) is 9.97 Å². The van der Waals surface area contributed by atoms with E-state index < -0.39 is 0 Å². The lowest BCUT2D eigenvalue weighted by atomic mass is 10.0. The van der Waals surface area contributed by atoms with Gasteiger partial charge in [0, 0.05) is 41.0 Å². The van der Waals surface area contributed by atoms with Gasteiger partial charge in [-0.15, -0.1) is 0 Å². The van der Waals surface area contributed by atoms with Crippen LogP contribution < -0.4 is 4.74 Å². The third-order valence-electron chi connectivity index (χ3n) is 4.27. The Morgan fingerprint density at radius 2 is 1.88 bits per heavy atom. The number of hydrogen-bond donors (Lipinski definition) is 1. The molecule has 0 bridgehead atoms. The van der Waals surface area contributed by atoms with E-state index in [1.54, 1.807) is 7.11 Å². The van der Waals surface area contributed by atoms with Gasteiger partial charge >= 0.3 is 0 Å². The second kappa shape index (κ2) is 8.30. The molecule has 4 nitrogen and oxygen atoms in total. The van der Waals surface area contributed by atoms with Crippen LogP contribution in [-0.4, -0.2) is 28.8 Å². The second-order valence-corrected chi connectivity index (χ2v) is 6.70. The summed E-state index contributed by atoms with van der Waals surface area (Å²) in [5.41, 5.74) is 4.91. The predicted molar refractivity (Wildman–Crippen MR) is 104 cm³/mol. The summed E-state index contributed by atoms with van der Waals surface area (Å²) in [7, 11) is 1.61. The topological polar surface area (TPSA) is 55.2 Å². The van der Waals surface area contributed by atoms with Gasteiger partial charge in [-0.2, -0.15) is 0 Å². The highest BCUT2D eigenvalue weighted by Crippen LogP contribution is 2.31. The van der Waals surface area contributed by atoms with Gasteiger partial charge in [0.15, 0.2) is 0 Å². The SMILES string of the molecule is COc1ncc(Cc2ccc(C(C)CO)nc2)cc1-c1cccc(Cl)c1. The fourth-order valence-electron chi connectivity index (χ4n) is 2.78. The molecule has 1 unspecified atom stereocenters. The van der Waals surface area contributed by atoms with Crippen LogP contribution in [0.3, 0.4) is 0 Å². The van der Waals surface area contributed by atoms with Crippen LogP contribution in [0.2, 0.25) is 5.02 Å². The van der Waals surface area contributed by atoms with E-state index in [2.05, 4.69) is 16.0 Å². The van der Waals surface area contributed by atoms with Crippen molar-refractivity contribution in [3.63, 3.8) is 0 Å². The van der Waals surface area contributed by atoms with E-state index in [4.69, 9.17) is 16.3 Å². The van der Waals surface area contributed by atoms with Crippen molar-refractivity contribution in [2.24, 2.45) is 0 Å². The monoisotopic (exact) mass is 368 g/mol. The second-order valence-electron chi connectivity index (χ2n) is 6.26. The number of pyridine rings is 2. The maximum atomic E-state index is 9.23. The van der Waals surface area contributed by atoms with Gasteiger partial charge in [0.05, 0.1) is 13.7 Å². The zero-order chi connectivity index (χ0) is 18.5. The van der Waals surface area contributed by atoms with Gasteiger partial charge in [-0.1, -0.05) is 36.7 Å². The molecule has 0 aliphatic heterocycles. The Morgan fingerprint density at radius 1 is 1.08 bits per heavy atom. The zero-order valence-electron chi connectivity index (χ0n) is 14.8. The predicted octanol–water partition coefficient (Wildman–Crippen LogP) is 4.49.